The number of rotatable bonds is 8. The van der Waals surface area contributed by atoms with Crippen molar-refractivity contribution in [3.8, 4) is 5.75 Å². The van der Waals surface area contributed by atoms with Crippen molar-refractivity contribution in [1.82, 2.24) is 10.6 Å². The quantitative estimate of drug-likeness (QED) is 0.776. The van der Waals surface area contributed by atoms with E-state index in [2.05, 4.69) is 36.6 Å². The molecule has 0 aromatic heterocycles. The summed E-state index contributed by atoms with van der Waals surface area (Å²) in [6, 6.07) is 8.52. The maximum atomic E-state index is 11.8. The highest BCUT2D eigenvalue weighted by molar-refractivity contribution is 5.76. The molecule has 1 aliphatic rings. The summed E-state index contributed by atoms with van der Waals surface area (Å²) in [5, 5.41) is 6.35. The fourth-order valence-corrected chi connectivity index (χ4v) is 2.59. The first kappa shape index (κ1) is 16.8. The van der Waals surface area contributed by atoms with Crippen LogP contribution in [-0.4, -0.2) is 31.6 Å². The van der Waals surface area contributed by atoms with Gasteiger partial charge in [-0.2, -0.15) is 0 Å². The van der Waals surface area contributed by atoms with Gasteiger partial charge in [-0.25, -0.2) is 0 Å². The van der Waals surface area contributed by atoms with Crippen LogP contribution in [0.25, 0.3) is 0 Å². The van der Waals surface area contributed by atoms with Crippen LogP contribution < -0.4 is 15.4 Å². The number of carbonyl (C=O) groups is 1. The topological polar surface area (TPSA) is 50.4 Å². The van der Waals surface area contributed by atoms with Gasteiger partial charge in [0.25, 0.3) is 0 Å². The predicted octanol–water partition coefficient (Wildman–Crippen LogP) is 2.52. The number of benzene rings is 1. The molecule has 0 spiro atoms. The SMILES string of the molecule is CC(C)COc1ccc(CCNC(=O)CC2CCCN2)cc1. The maximum Gasteiger partial charge on any atom is 0.221 e. The Bertz CT molecular complexity index is 451. The summed E-state index contributed by atoms with van der Waals surface area (Å²) in [6.45, 7) is 6.75. The zero-order valence-electron chi connectivity index (χ0n) is 13.7. The molecule has 122 valence electrons. The van der Waals surface area contributed by atoms with Gasteiger partial charge in [0, 0.05) is 19.0 Å². The highest BCUT2D eigenvalue weighted by Gasteiger charge is 2.17. The van der Waals surface area contributed by atoms with Gasteiger partial charge < -0.3 is 15.4 Å². The lowest BCUT2D eigenvalue weighted by Crippen LogP contribution is -2.32. The molecular formula is C18H28N2O2. The first-order valence-corrected chi connectivity index (χ1v) is 8.35. The zero-order valence-corrected chi connectivity index (χ0v) is 13.7. The Morgan fingerprint density at radius 1 is 1.36 bits per heavy atom. The first-order valence-electron chi connectivity index (χ1n) is 8.35. The van der Waals surface area contributed by atoms with Crippen molar-refractivity contribution in [3.63, 3.8) is 0 Å². The van der Waals surface area contributed by atoms with Gasteiger partial charge >= 0.3 is 0 Å². The molecule has 1 saturated heterocycles. The van der Waals surface area contributed by atoms with Gasteiger partial charge in [0.2, 0.25) is 5.91 Å². The number of amides is 1. The van der Waals surface area contributed by atoms with E-state index in [0.29, 0.717) is 24.9 Å². The van der Waals surface area contributed by atoms with Gasteiger partial charge in [-0.1, -0.05) is 26.0 Å². The van der Waals surface area contributed by atoms with Crippen LogP contribution in [0.5, 0.6) is 5.75 Å². The molecular weight excluding hydrogens is 276 g/mol. The lowest BCUT2D eigenvalue weighted by Gasteiger charge is -2.11. The van der Waals surface area contributed by atoms with Crippen LogP contribution in [-0.2, 0) is 11.2 Å². The third-order valence-corrected chi connectivity index (χ3v) is 3.84. The number of hydrogen-bond donors (Lipinski definition) is 2. The molecule has 22 heavy (non-hydrogen) atoms. The van der Waals surface area contributed by atoms with E-state index >= 15 is 0 Å². The van der Waals surface area contributed by atoms with Gasteiger partial charge in [0.1, 0.15) is 5.75 Å². The van der Waals surface area contributed by atoms with Gasteiger partial charge in [-0.3, -0.25) is 4.79 Å². The van der Waals surface area contributed by atoms with Crippen LogP contribution in [0.4, 0.5) is 0 Å². The third-order valence-electron chi connectivity index (χ3n) is 3.84. The molecule has 1 fully saturated rings. The maximum absolute atomic E-state index is 11.8. The van der Waals surface area contributed by atoms with E-state index in [0.717, 1.165) is 31.7 Å². The molecule has 0 saturated carbocycles. The number of carbonyl (C=O) groups excluding carboxylic acids is 1. The lowest BCUT2D eigenvalue weighted by atomic mass is 10.1. The van der Waals surface area contributed by atoms with Crippen molar-refractivity contribution in [2.24, 2.45) is 5.92 Å². The Balaban J connectivity index is 1.64. The molecule has 4 nitrogen and oxygen atoms in total. The summed E-state index contributed by atoms with van der Waals surface area (Å²) >= 11 is 0. The lowest BCUT2D eigenvalue weighted by molar-refractivity contribution is -0.121. The fraction of sp³-hybridized carbons (Fsp3) is 0.611. The van der Waals surface area contributed by atoms with Crippen molar-refractivity contribution in [2.75, 3.05) is 19.7 Å². The summed E-state index contributed by atoms with van der Waals surface area (Å²) in [4.78, 5) is 11.8. The molecule has 1 unspecified atom stereocenters. The molecule has 0 radical (unpaired) electrons. The van der Waals surface area contributed by atoms with Crippen molar-refractivity contribution >= 4 is 5.91 Å². The number of ether oxygens (including phenoxy) is 1. The largest absolute Gasteiger partial charge is 0.493 e. The van der Waals surface area contributed by atoms with Gasteiger partial charge in [0.05, 0.1) is 6.61 Å². The van der Waals surface area contributed by atoms with E-state index in [-0.39, 0.29) is 5.91 Å². The molecule has 1 amide bonds. The van der Waals surface area contributed by atoms with Crippen LogP contribution in [0.2, 0.25) is 0 Å². The standard InChI is InChI=1S/C18H28N2O2/c1-14(2)13-22-17-7-5-15(6-8-17)9-11-20-18(21)12-16-4-3-10-19-16/h5-8,14,16,19H,3-4,9-13H2,1-2H3,(H,20,21). The monoisotopic (exact) mass is 304 g/mol. The van der Waals surface area contributed by atoms with E-state index in [1.807, 2.05) is 12.1 Å². The Morgan fingerprint density at radius 3 is 2.77 bits per heavy atom. The number of nitrogens with one attached hydrogen (secondary N) is 2. The van der Waals surface area contributed by atoms with Crippen LogP contribution in [0.1, 0.15) is 38.7 Å². The molecule has 1 aromatic carbocycles. The Labute approximate surface area is 133 Å². The van der Waals surface area contributed by atoms with Gasteiger partial charge in [-0.15, -0.1) is 0 Å². The van der Waals surface area contributed by atoms with E-state index in [1.54, 1.807) is 0 Å². The zero-order chi connectivity index (χ0) is 15.8. The minimum atomic E-state index is 0.149. The molecule has 4 heteroatoms. The third kappa shape index (κ3) is 6.06. The van der Waals surface area contributed by atoms with E-state index in [1.165, 1.54) is 12.0 Å². The fourth-order valence-electron chi connectivity index (χ4n) is 2.59. The smallest absolute Gasteiger partial charge is 0.221 e. The van der Waals surface area contributed by atoms with E-state index in [4.69, 9.17) is 4.74 Å². The predicted molar refractivity (Wildman–Crippen MR) is 89.1 cm³/mol. The summed E-state index contributed by atoms with van der Waals surface area (Å²) in [7, 11) is 0. The van der Waals surface area contributed by atoms with Crippen LogP contribution in [0.3, 0.4) is 0 Å². The van der Waals surface area contributed by atoms with Crippen molar-refractivity contribution in [1.29, 1.82) is 0 Å². The van der Waals surface area contributed by atoms with E-state index < -0.39 is 0 Å². The Kier molecular flexibility index (Phi) is 6.72. The normalized spacial score (nSPS) is 17.7. The van der Waals surface area contributed by atoms with Crippen molar-refractivity contribution in [2.45, 2.75) is 45.6 Å². The van der Waals surface area contributed by atoms with Gasteiger partial charge in [0.15, 0.2) is 0 Å². The van der Waals surface area contributed by atoms with Gasteiger partial charge in [-0.05, 0) is 49.4 Å². The minimum Gasteiger partial charge on any atom is -0.493 e. The van der Waals surface area contributed by atoms with Crippen molar-refractivity contribution < 1.29 is 9.53 Å². The second kappa shape index (κ2) is 8.79. The van der Waals surface area contributed by atoms with Crippen molar-refractivity contribution in [3.05, 3.63) is 29.8 Å². The number of hydrogen-bond acceptors (Lipinski definition) is 3. The molecule has 0 aliphatic carbocycles. The highest BCUT2D eigenvalue weighted by atomic mass is 16.5. The van der Waals surface area contributed by atoms with Crippen LogP contribution >= 0.6 is 0 Å². The average molecular weight is 304 g/mol. The molecule has 2 rings (SSSR count). The Morgan fingerprint density at radius 2 is 2.14 bits per heavy atom. The highest BCUT2D eigenvalue weighted by Crippen LogP contribution is 2.13. The minimum absolute atomic E-state index is 0.149. The molecule has 1 aliphatic heterocycles. The van der Waals surface area contributed by atoms with E-state index in [9.17, 15) is 4.79 Å². The van der Waals surface area contributed by atoms with Crippen LogP contribution in [0, 0.1) is 5.92 Å². The average Bonchev–Trinajstić information content (AvgIpc) is 2.99. The first-order chi connectivity index (χ1) is 10.6. The summed E-state index contributed by atoms with van der Waals surface area (Å²) in [5.41, 5.74) is 1.22. The molecule has 1 atom stereocenters. The second-order valence-corrected chi connectivity index (χ2v) is 6.45. The summed E-state index contributed by atoms with van der Waals surface area (Å²) in [6.07, 6.45) is 3.75. The summed E-state index contributed by atoms with van der Waals surface area (Å²) in [5.74, 6) is 1.59. The van der Waals surface area contributed by atoms with Crippen LogP contribution in [0.15, 0.2) is 24.3 Å². The second-order valence-electron chi connectivity index (χ2n) is 6.45. The summed E-state index contributed by atoms with van der Waals surface area (Å²) < 4.78 is 5.66. The molecule has 2 N–H and O–H groups in total. The molecule has 1 heterocycles. The Hall–Kier alpha value is -1.55. The molecule has 0 bridgehead atoms. The molecule has 1 aromatic rings.